The van der Waals surface area contributed by atoms with Crippen LogP contribution in [0.3, 0.4) is 0 Å². The Kier molecular flexibility index (Phi) is 3.27. The predicted octanol–water partition coefficient (Wildman–Crippen LogP) is 2.53. The highest BCUT2D eigenvalue weighted by Crippen LogP contribution is 2.30. The molecule has 0 spiro atoms. The molecule has 19 heavy (non-hydrogen) atoms. The van der Waals surface area contributed by atoms with Crippen molar-refractivity contribution in [2.24, 2.45) is 0 Å². The van der Waals surface area contributed by atoms with Gasteiger partial charge in [-0.15, -0.1) is 0 Å². The summed E-state index contributed by atoms with van der Waals surface area (Å²) in [6, 6.07) is 4.91. The van der Waals surface area contributed by atoms with Crippen LogP contribution in [-0.2, 0) is 4.74 Å². The highest BCUT2D eigenvalue weighted by atomic mass is 19.1. The van der Waals surface area contributed by atoms with Gasteiger partial charge in [0, 0.05) is 6.54 Å². The number of halogens is 1. The van der Waals surface area contributed by atoms with Crippen molar-refractivity contribution in [3.05, 3.63) is 35.1 Å². The first-order valence-corrected chi connectivity index (χ1v) is 6.85. The van der Waals surface area contributed by atoms with Gasteiger partial charge < -0.3 is 9.64 Å². The minimum absolute atomic E-state index is 0.127. The maximum absolute atomic E-state index is 13.9. The standard InChI is InChI=1S/C15H18FNO2/c1-10-5-6-11(12(16)9-10)15(18)17-7-8-19-14-4-2-3-13(14)17/h5-6,9,13-14H,2-4,7-8H2,1H3. The fourth-order valence-electron chi connectivity index (χ4n) is 3.13. The lowest BCUT2D eigenvalue weighted by molar-refractivity contribution is -0.0446. The molecule has 1 aromatic carbocycles. The number of amides is 1. The van der Waals surface area contributed by atoms with Gasteiger partial charge in [-0.3, -0.25) is 4.79 Å². The third-order valence-electron chi connectivity index (χ3n) is 4.10. The summed E-state index contributed by atoms with van der Waals surface area (Å²) >= 11 is 0. The molecule has 3 rings (SSSR count). The summed E-state index contributed by atoms with van der Waals surface area (Å²) in [5.74, 6) is -0.622. The lowest BCUT2D eigenvalue weighted by Crippen LogP contribution is -2.51. The summed E-state index contributed by atoms with van der Waals surface area (Å²) in [4.78, 5) is 14.3. The van der Waals surface area contributed by atoms with Crippen molar-refractivity contribution in [1.29, 1.82) is 0 Å². The van der Waals surface area contributed by atoms with Crippen LogP contribution in [0.4, 0.5) is 4.39 Å². The van der Waals surface area contributed by atoms with Crippen molar-refractivity contribution in [2.45, 2.75) is 38.3 Å². The Hall–Kier alpha value is -1.42. The van der Waals surface area contributed by atoms with Gasteiger partial charge in [-0.1, -0.05) is 6.07 Å². The smallest absolute Gasteiger partial charge is 0.257 e. The second-order valence-electron chi connectivity index (χ2n) is 5.39. The number of carbonyl (C=O) groups is 1. The number of morpholine rings is 1. The molecule has 1 saturated carbocycles. The molecule has 2 unspecified atom stereocenters. The molecule has 2 fully saturated rings. The lowest BCUT2D eigenvalue weighted by atomic mass is 10.1. The Morgan fingerprint density at radius 1 is 1.42 bits per heavy atom. The number of fused-ring (bicyclic) bond motifs is 1. The zero-order chi connectivity index (χ0) is 13.4. The predicted molar refractivity (Wildman–Crippen MR) is 69.6 cm³/mol. The van der Waals surface area contributed by atoms with Crippen LogP contribution in [0.5, 0.6) is 0 Å². The maximum Gasteiger partial charge on any atom is 0.257 e. The first kappa shape index (κ1) is 12.6. The van der Waals surface area contributed by atoms with E-state index in [4.69, 9.17) is 4.74 Å². The Balaban J connectivity index is 1.86. The normalized spacial score (nSPS) is 26.3. The van der Waals surface area contributed by atoms with Crippen LogP contribution < -0.4 is 0 Å². The molecule has 2 aliphatic rings. The van der Waals surface area contributed by atoms with Gasteiger partial charge in [0.2, 0.25) is 0 Å². The molecule has 1 aliphatic carbocycles. The molecule has 0 aromatic heterocycles. The second-order valence-corrected chi connectivity index (χ2v) is 5.39. The maximum atomic E-state index is 13.9. The summed E-state index contributed by atoms with van der Waals surface area (Å²) < 4.78 is 19.6. The van der Waals surface area contributed by atoms with E-state index in [1.54, 1.807) is 17.0 Å². The average Bonchev–Trinajstić information content (AvgIpc) is 2.86. The quantitative estimate of drug-likeness (QED) is 0.779. The number of carbonyl (C=O) groups excluding carboxylic acids is 1. The summed E-state index contributed by atoms with van der Waals surface area (Å²) in [7, 11) is 0. The molecular weight excluding hydrogens is 245 g/mol. The Bertz CT molecular complexity index is 503. The van der Waals surface area contributed by atoms with Gasteiger partial charge in [0.1, 0.15) is 5.82 Å². The van der Waals surface area contributed by atoms with Crippen molar-refractivity contribution < 1.29 is 13.9 Å². The summed E-state index contributed by atoms with van der Waals surface area (Å²) in [6.45, 7) is 2.94. The minimum Gasteiger partial charge on any atom is -0.374 e. The number of ether oxygens (including phenoxy) is 1. The van der Waals surface area contributed by atoms with Crippen molar-refractivity contribution >= 4 is 5.91 Å². The summed E-state index contributed by atoms with van der Waals surface area (Å²) in [5, 5.41) is 0. The third kappa shape index (κ3) is 2.25. The van der Waals surface area contributed by atoms with Crippen LogP contribution in [0.1, 0.15) is 35.2 Å². The molecular formula is C15H18FNO2. The van der Waals surface area contributed by atoms with Crippen LogP contribution in [0.15, 0.2) is 18.2 Å². The lowest BCUT2D eigenvalue weighted by Gasteiger charge is -2.37. The summed E-state index contributed by atoms with van der Waals surface area (Å²) in [5.41, 5.74) is 1.01. The molecule has 0 bridgehead atoms. The molecule has 1 saturated heterocycles. The number of aryl methyl sites for hydroxylation is 1. The highest BCUT2D eigenvalue weighted by molar-refractivity contribution is 5.94. The summed E-state index contributed by atoms with van der Waals surface area (Å²) in [6.07, 6.45) is 3.19. The van der Waals surface area contributed by atoms with E-state index in [0.717, 1.165) is 24.8 Å². The van der Waals surface area contributed by atoms with E-state index in [9.17, 15) is 9.18 Å². The van der Waals surface area contributed by atoms with Gasteiger partial charge >= 0.3 is 0 Å². The van der Waals surface area contributed by atoms with Crippen LogP contribution in [0.2, 0.25) is 0 Å². The number of nitrogens with zero attached hydrogens (tertiary/aromatic N) is 1. The van der Waals surface area contributed by atoms with E-state index in [1.807, 2.05) is 6.92 Å². The molecule has 102 valence electrons. The minimum atomic E-state index is -0.425. The highest BCUT2D eigenvalue weighted by Gasteiger charge is 2.39. The number of hydrogen-bond donors (Lipinski definition) is 0. The fourth-order valence-corrected chi connectivity index (χ4v) is 3.13. The molecule has 1 heterocycles. The zero-order valence-corrected chi connectivity index (χ0v) is 11.1. The fraction of sp³-hybridized carbons (Fsp3) is 0.533. The van der Waals surface area contributed by atoms with Crippen LogP contribution >= 0.6 is 0 Å². The van der Waals surface area contributed by atoms with Gasteiger partial charge in [0.05, 0.1) is 24.3 Å². The van der Waals surface area contributed by atoms with E-state index >= 15 is 0 Å². The topological polar surface area (TPSA) is 29.5 Å². The van der Waals surface area contributed by atoms with Crippen LogP contribution in [0.25, 0.3) is 0 Å². The van der Waals surface area contributed by atoms with Crippen molar-refractivity contribution in [3.8, 4) is 0 Å². The van der Waals surface area contributed by atoms with E-state index in [0.29, 0.717) is 13.2 Å². The number of hydrogen-bond acceptors (Lipinski definition) is 2. The van der Waals surface area contributed by atoms with Crippen molar-refractivity contribution in [1.82, 2.24) is 4.90 Å². The Labute approximate surface area is 112 Å². The van der Waals surface area contributed by atoms with Gasteiger partial charge in [-0.2, -0.15) is 0 Å². The van der Waals surface area contributed by atoms with E-state index < -0.39 is 5.82 Å². The zero-order valence-electron chi connectivity index (χ0n) is 11.1. The molecule has 0 radical (unpaired) electrons. The second kappa shape index (κ2) is 4.93. The average molecular weight is 263 g/mol. The molecule has 1 aromatic rings. The monoisotopic (exact) mass is 263 g/mol. The Morgan fingerprint density at radius 2 is 2.26 bits per heavy atom. The van der Waals surface area contributed by atoms with E-state index in [1.165, 1.54) is 6.07 Å². The SMILES string of the molecule is Cc1ccc(C(=O)N2CCOC3CCCC32)c(F)c1. The number of rotatable bonds is 1. The molecule has 4 heteroatoms. The van der Waals surface area contributed by atoms with Gasteiger partial charge in [0.25, 0.3) is 5.91 Å². The molecule has 1 amide bonds. The van der Waals surface area contributed by atoms with Crippen molar-refractivity contribution in [3.63, 3.8) is 0 Å². The molecule has 0 N–H and O–H groups in total. The number of benzene rings is 1. The van der Waals surface area contributed by atoms with Crippen LogP contribution in [-0.4, -0.2) is 36.1 Å². The molecule has 3 nitrogen and oxygen atoms in total. The Morgan fingerprint density at radius 3 is 3.05 bits per heavy atom. The molecule has 2 atom stereocenters. The molecule has 1 aliphatic heterocycles. The largest absolute Gasteiger partial charge is 0.374 e. The van der Waals surface area contributed by atoms with Crippen molar-refractivity contribution in [2.75, 3.05) is 13.2 Å². The van der Waals surface area contributed by atoms with Gasteiger partial charge in [-0.25, -0.2) is 4.39 Å². The van der Waals surface area contributed by atoms with E-state index in [-0.39, 0.29) is 23.6 Å². The van der Waals surface area contributed by atoms with E-state index in [2.05, 4.69) is 0 Å². The third-order valence-corrected chi connectivity index (χ3v) is 4.10. The van der Waals surface area contributed by atoms with Crippen LogP contribution in [0, 0.1) is 12.7 Å². The van der Waals surface area contributed by atoms with Gasteiger partial charge in [0.15, 0.2) is 0 Å². The first-order chi connectivity index (χ1) is 9.16. The van der Waals surface area contributed by atoms with Gasteiger partial charge in [-0.05, 0) is 43.9 Å². The first-order valence-electron chi connectivity index (χ1n) is 6.85.